The van der Waals surface area contributed by atoms with Crippen molar-refractivity contribution in [3.8, 4) is 0 Å². The fraction of sp³-hybridized carbons (Fsp3) is 0.800. The van der Waals surface area contributed by atoms with Crippen LogP contribution in [0.3, 0.4) is 0 Å². The van der Waals surface area contributed by atoms with Crippen molar-refractivity contribution in [3.05, 3.63) is 0 Å². The molecule has 1 N–H and O–H groups in total. The average molecular weight is 250 g/mol. The van der Waals surface area contributed by atoms with E-state index in [9.17, 15) is 13.6 Å². The summed E-state index contributed by atoms with van der Waals surface area (Å²) >= 11 is 0. The van der Waals surface area contributed by atoms with Gasteiger partial charge < -0.3 is 14.9 Å². The van der Waals surface area contributed by atoms with Gasteiger partial charge >= 0.3 is 6.09 Å². The number of nitrogens with zero attached hydrogens (tertiary/aromatic N) is 1. The van der Waals surface area contributed by atoms with Gasteiger partial charge in [-0.1, -0.05) is 5.16 Å². The summed E-state index contributed by atoms with van der Waals surface area (Å²) in [5.41, 5.74) is -0.883. The van der Waals surface area contributed by atoms with Crippen LogP contribution in [0.1, 0.15) is 27.2 Å². The van der Waals surface area contributed by atoms with Gasteiger partial charge in [-0.2, -0.15) is 0 Å². The number of hydrogen-bond donors (Lipinski definition) is 1. The Morgan fingerprint density at radius 3 is 2.76 bits per heavy atom. The number of hydrogen-bond acceptors (Lipinski definition) is 4. The molecule has 7 heteroatoms. The maximum Gasteiger partial charge on any atom is 0.407 e. The van der Waals surface area contributed by atoms with E-state index in [0.717, 1.165) is 0 Å². The van der Waals surface area contributed by atoms with Crippen molar-refractivity contribution in [1.29, 1.82) is 0 Å². The van der Waals surface area contributed by atoms with E-state index in [1.54, 1.807) is 20.8 Å². The minimum atomic E-state index is -2.61. The summed E-state index contributed by atoms with van der Waals surface area (Å²) in [7, 11) is 0. The molecular formula is C10H16F2N2O3. The second-order valence-corrected chi connectivity index (χ2v) is 4.70. The van der Waals surface area contributed by atoms with Crippen molar-refractivity contribution < 1.29 is 23.1 Å². The Morgan fingerprint density at radius 2 is 2.29 bits per heavy atom. The second kappa shape index (κ2) is 5.29. The number of halogens is 2. The van der Waals surface area contributed by atoms with E-state index in [4.69, 9.17) is 9.57 Å². The van der Waals surface area contributed by atoms with Crippen molar-refractivity contribution in [2.75, 3.05) is 6.54 Å². The molecule has 0 aromatic rings. The van der Waals surface area contributed by atoms with Crippen LogP contribution in [0.5, 0.6) is 0 Å². The van der Waals surface area contributed by atoms with Gasteiger partial charge in [0, 0.05) is 6.42 Å². The molecule has 0 saturated heterocycles. The SMILES string of the molecule is CC(C)(C)OC(=O)NCC1CC(C(F)F)=NO1. The van der Waals surface area contributed by atoms with Gasteiger partial charge in [0.25, 0.3) is 6.43 Å². The van der Waals surface area contributed by atoms with Crippen LogP contribution >= 0.6 is 0 Å². The smallest absolute Gasteiger partial charge is 0.407 e. The van der Waals surface area contributed by atoms with Crippen molar-refractivity contribution in [1.82, 2.24) is 5.32 Å². The number of amides is 1. The number of nitrogens with one attached hydrogen (secondary N) is 1. The lowest BCUT2D eigenvalue weighted by molar-refractivity contribution is 0.0438. The number of carbonyl (C=O) groups excluding carboxylic acids is 1. The van der Waals surface area contributed by atoms with Gasteiger partial charge in [-0.05, 0) is 20.8 Å². The third-order valence-electron chi connectivity index (χ3n) is 1.88. The van der Waals surface area contributed by atoms with E-state index in [1.165, 1.54) is 0 Å². The van der Waals surface area contributed by atoms with Crippen LogP contribution < -0.4 is 5.32 Å². The first-order valence-electron chi connectivity index (χ1n) is 5.25. The maximum atomic E-state index is 12.2. The standard InChI is InChI=1S/C10H16F2N2O3/c1-10(2,3)16-9(15)13-5-6-4-7(8(11)12)14-17-6/h6,8H,4-5H2,1-3H3,(H,13,15). The van der Waals surface area contributed by atoms with Gasteiger partial charge in [0.05, 0.1) is 6.54 Å². The molecular weight excluding hydrogens is 234 g/mol. The van der Waals surface area contributed by atoms with Crippen LogP contribution in [-0.2, 0) is 9.57 Å². The summed E-state index contributed by atoms with van der Waals surface area (Å²) in [5, 5.41) is 5.68. The topological polar surface area (TPSA) is 59.9 Å². The van der Waals surface area contributed by atoms with E-state index < -0.39 is 24.2 Å². The number of alkyl carbamates (subject to hydrolysis) is 1. The molecule has 0 aromatic carbocycles. The quantitative estimate of drug-likeness (QED) is 0.832. The monoisotopic (exact) mass is 250 g/mol. The van der Waals surface area contributed by atoms with Crippen LogP contribution in [0.4, 0.5) is 13.6 Å². The molecule has 1 amide bonds. The average Bonchev–Trinajstić information content (AvgIpc) is 2.60. The van der Waals surface area contributed by atoms with Crippen LogP contribution in [-0.4, -0.2) is 36.5 Å². The summed E-state index contributed by atoms with van der Waals surface area (Å²) in [5.74, 6) is 0. The Balaban J connectivity index is 2.23. The third-order valence-corrected chi connectivity index (χ3v) is 1.88. The molecule has 1 aliphatic heterocycles. The molecule has 0 saturated carbocycles. The van der Waals surface area contributed by atoms with Crippen LogP contribution in [0.25, 0.3) is 0 Å². The number of ether oxygens (including phenoxy) is 1. The van der Waals surface area contributed by atoms with Crippen LogP contribution in [0, 0.1) is 0 Å². The summed E-state index contributed by atoms with van der Waals surface area (Å²) < 4.78 is 29.4. The highest BCUT2D eigenvalue weighted by Gasteiger charge is 2.27. The van der Waals surface area contributed by atoms with E-state index in [2.05, 4.69) is 10.5 Å². The molecule has 1 atom stereocenters. The Morgan fingerprint density at radius 1 is 1.65 bits per heavy atom. The van der Waals surface area contributed by atoms with Crippen molar-refractivity contribution in [2.45, 2.75) is 45.3 Å². The van der Waals surface area contributed by atoms with Gasteiger partial charge in [-0.25, -0.2) is 13.6 Å². The number of oxime groups is 1. The lowest BCUT2D eigenvalue weighted by Crippen LogP contribution is -2.37. The molecule has 1 aliphatic rings. The van der Waals surface area contributed by atoms with Gasteiger partial charge in [-0.15, -0.1) is 0 Å². The molecule has 0 spiro atoms. The maximum absolute atomic E-state index is 12.2. The molecule has 17 heavy (non-hydrogen) atoms. The lowest BCUT2D eigenvalue weighted by atomic mass is 10.2. The predicted octanol–water partition coefficient (Wildman–Crippen LogP) is 1.92. The fourth-order valence-electron chi connectivity index (χ4n) is 1.20. The van der Waals surface area contributed by atoms with Crippen molar-refractivity contribution in [2.24, 2.45) is 5.16 Å². The Labute approximate surface area is 98.1 Å². The normalized spacial score (nSPS) is 19.9. The number of carbonyl (C=O) groups is 1. The molecule has 1 unspecified atom stereocenters. The Hall–Kier alpha value is -1.40. The van der Waals surface area contributed by atoms with Gasteiger partial charge in [-0.3, -0.25) is 0 Å². The van der Waals surface area contributed by atoms with E-state index in [0.29, 0.717) is 0 Å². The largest absolute Gasteiger partial charge is 0.444 e. The molecule has 98 valence electrons. The first-order chi connectivity index (χ1) is 7.78. The molecule has 0 bridgehead atoms. The fourth-order valence-corrected chi connectivity index (χ4v) is 1.20. The minimum Gasteiger partial charge on any atom is -0.444 e. The zero-order valence-corrected chi connectivity index (χ0v) is 10.00. The third kappa shape index (κ3) is 4.97. The molecule has 0 fully saturated rings. The van der Waals surface area contributed by atoms with E-state index >= 15 is 0 Å². The summed E-state index contributed by atoms with van der Waals surface area (Å²) in [6.07, 6.45) is -3.74. The highest BCUT2D eigenvalue weighted by Crippen LogP contribution is 2.15. The van der Waals surface area contributed by atoms with Gasteiger partial charge in [0.1, 0.15) is 17.4 Å². The summed E-state index contributed by atoms with van der Waals surface area (Å²) in [6, 6.07) is 0. The van der Waals surface area contributed by atoms with Crippen LogP contribution in [0.2, 0.25) is 0 Å². The molecule has 0 aromatic heterocycles. The molecule has 0 aliphatic carbocycles. The highest BCUT2D eigenvalue weighted by molar-refractivity contribution is 5.88. The molecule has 1 rings (SSSR count). The van der Waals surface area contributed by atoms with Crippen molar-refractivity contribution >= 4 is 11.8 Å². The predicted molar refractivity (Wildman–Crippen MR) is 57.2 cm³/mol. The number of rotatable bonds is 3. The molecule has 1 heterocycles. The zero-order valence-electron chi connectivity index (χ0n) is 10.00. The summed E-state index contributed by atoms with van der Waals surface area (Å²) in [6.45, 7) is 5.29. The summed E-state index contributed by atoms with van der Waals surface area (Å²) in [4.78, 5) is 16.0. The van der Waals surface area contributed by atoms with Crippen LogP contribution in [0.15, 0.2) is 5.16 Å². The van der Waals surface area contributed by atoms with Crippen molar-refractivity contribution in [3.63, 3.8) is 0 Å². The van der Waals surface area contributed by atoms with Gasteiger partial charge in [0.15, 0.2) is 0 Å². The zero-order chi connectivity index (χ0) is 13.1. The lowest BCUT2D eigenvalue weighted by Gasteiger charge is -2.20. The minimum absolute atomic E-state index is 0.0213. The van der Waals surface area contributed by atoms with Gasteiger partial charge in [0.2, 0.25) is 0 Å². The molecule has 0 radical (unpaired) electrons. The Kier molecular flexibility index (Phi) is 4.25. The molecule has 5 nitrogen and oxygen atoms in total. The number of alkyl halides is 2. The highest BCUT2D eigenvalue weighted by atomic mass is 19.3. The Bertz CT molecular complexity index is 313. The first-order valence-corrected chi connectivity index (χ1v) is 5.25. The van der Waals surface area contributed by atoms with E-state index in [-0.39, 0.29) is 18.7 Å². The van der Waals surface area contributed by atoms with E-state index in [1.807, 2.05) is 0 Å². The second-order valence-electron chi connectivity index (χ2n) is 4.70. The first kappa shape index (κ1) is 13.7.